The number of carbonyl (C=O) groups is 3. The molecule has 0 fully saturated rings. The number of ketones is 1. The minimum absolute atomic E-state index is 0.0233. The fourth-order valence-corrected chi connectivity index (χ4v) is 3.49. The number of methoxy groups -OCH3 is 4. The SMILES string of the molecule is COc1cc(C(=O)c2nn(C(C)=O)c3c(C#CCOC(C)=O)c(OC)ccc23)cc(OC)c1OC. The maximum atomic E-state index is 13.6. The summed E-state index contributed by atoms with van der Waals surface area (Å²) >= 11 is 0. The fourth-order valence-electron chi connectivity index (χ4n) is 3.49. The first-order valence-electron chi connectivity index (χ1n) is 10.3. The molecule has 0 saturated carbocycles. The van der Waals surface area contributed by atoms with Crippen LogP contribution in [0.15, 0.2) is 24.3 Å². The number of hydrogen-bond acceptors (Lipinski definition) is 9. The normalized spacial score (nSPS) is 10.2. The molecule has 0 unspecified atom stereocenters. The third-order valence-electron chi connectivity index (χ3n) is 5.03. The number of ether oxygens (including phenoxy) is 5. The van der Waals surface area contributed by atoms with Crippen LogP contribution in [-0.2, 0) is 9.53 Å². The summed E-state index contributed by atoms with van der Waals surface area (Å²) in [4.78, 5) is 37.1. The number of esters is 1. The highest BCUT2D eigenvalue weighted by Gasteiger charge is 2.26. The average Bonchev–Trinajstić information content (AvgIpc) is 3.25. The van der Waals surface area contributed by atoms with Crippen molar-refractivity contribution in [3.8, 4) is 34.8 Å². The third-order valence-corrected chi connectivity index (χ3v) is 5.03. The zero-order valence-electron chi connectivity index (χ0n) is 20.2. The average molecular weight is 480 g/mol. The quantitative estimate of drug-likeness (QED) is 0.286. The van der Waals surface area contributed by atoms with Crippen molar-refractivity contribution in [2.75, 3.05) is 35.0 Å². The molecule has 35 heavy (non-hydrogen) atoms. The van der Waals surface area contributed by atoms with E-state index in [1.54, 1.807) is 12.1 Å². The topological polar surface area (TPSA) is 115 Å². The maximum absolute atomic E-state index is 13.6. The van der Waals surface area contributed by atoms with Gasteiger partial charge in [-0.3, -0.25) is 14.4 Å². The van der Waals surface area contributed by atoms with Gasteiger partial charge >= 0.3 is 5.97 Å². The predicted molar refractivity (Wildman–Crippen MR) is 126 cm³/mol. The number of benzene rings is 2. The molecule has 0 aliphatic rings. The Kier molecular flexibility index (Phi) is 7.61. The Hall–Kier alpha value is -4.52. The highest BCUT2D eigenvalue weighted by molar-refractivity contribution is 6.17. The van der Waals surface area contributed by atoms with Gasteiger partial charge in [0.15, 0.2) is 18.1 Å². The van der Waals surface area contributed by atoms with E-state index in [1.165, 1.54) is 54.4 Å². The van der Waals surface area contributed by atoms with E-state index >= 15 is 0 Å². The largest absolute Gasteiger partial charge is 0.495 e. The van der Waals surface area contributed by atoms with E-state index in [0.29, 0.717) is 39.5 Å². The molecule has 0 saturated heterocycles. The Morgan fingerprint density at radius 2 is 1.54 bits per heavy atom. The van der Waals surface area contributed by atoms with Crippen LogP contribution in [0.25, 0.3) is 10.9 Å². The molecule has 0 amide bonds. The zero-order chi connectivity index (χ0) is 25.7. The van der Waals surface area contributed by atoms with Crippen molar-refractivity contribution in [3.63, 3.8) is 0 Å². The summed E-state index contributed by atoms with van der Waals surface area (Å²) in [5.74, 6) is 5.49. The van der Waals surface area contributed by atoms with Crippen LogP contribution in [0.1, 0.15) is 40.3 Å². The standard InChI is InChI=1S/C25H24N2O8/c1-14(28)27-23-17(8-7-11-35-15(2)29)19(31-3)10-9-18(23)22(26-27)24(30)16-12-20(32-4)25(34-6)21(13-16)33-5/h9-10,12-13H,11H2,1-6H3. The van der Waals surface area contributed by atoms with Gasteiger partial charge in [0, 0.05) is 24.8 Å². The molecule has 0 aliphatic heterocycles. The van der Waals surface area contributed by atoms with Gasteiger partial charge in [-0.1, -0.05) is 11.8 Å². The molecule has 1 heterocycles. The predicted octanol–water partition coefficient (Wildman–Crippen LogP) is 2.88. The van der Waals surface area contributed by atoms with E-state index in [2.05, 4.69) is 16.9 Å². The van der Waals surface area contributed by atoms with Crippen LogP contribution < -0.4 is 18.9 Å². The molecule has 0 radical (unpaired) electrons. The second-order valence-corrected chi connectivity index (χ2v) is 7.14. The van der Waals surface area contributed by atoms with Gasteiger partial charge in [0.1, 0.15) is 11.4 Å². The third kappa shape index (κ3) is 4.89. The highest BCUT2D eigenvalue weighted by atomic mass is 16.5. The Morgan fingerprint density at radius 3 is 2.06 bits per heavy atom. The second kappa shape index (κ2) is 10.6. The second-order valence-electron chi connectivity index (χ2n) is 7.14. The van der Waals surface area contributed by atoms with Crippen LogP contribution >= 0.6 is 0 Å². The van der Waals surface area contributed by atoms with Crippen LogP contribution in [0.3, 0.4) is 0 Å². The minimum Gasteiger partial charge on any atom is -0.495 e. The van der Waals surface area contributed by atoms with Gasteiger partial charge in [-0.05, 0) is 24.3 Å². The first kappa shape index (κ1) is 25.1. The van der Waals surface area contributed by atoms with Crippen LogP contribution in [0, 0.1) is 11.8 Å². The Morgan fingerprint density at radius 1 is 0.914 bits per heavy atom. The van der Waals surface area contributed by atoms with Crippen LogP contribution in [-0.4, -0.2) is 62.5 Å². The summed E-state index contributed by atoms with van der Waals surface area (Å²) in [5.41, 5.74) is 0.856. The number of carbonyl (C=O) groups excluding carboxylic acids is 3. The summed E-state index contributed by atoms with van der Waals surface area (Å²) in [6.07, 6.45) is 0. The van der Waals surface area contributed by atoms with Crippen LogP contribution in [0.5, 0.6) is 23.0 Å². The number of aromatic nitrogens is 2. The van der Waals surface area contributed by atoms with Crippen LogP contribution in [0.2, 0.25) is 0 Å². The zero-order valence-corrected chi connectivity index (χ0v) is 20.2. The molecule has 0 atom stereocenters. The highest BCUT2D eigenvalue weighted by Crippen LogP contribution is 2.39. The summed E-state index contributed by atoms with van der Waals surface area (Å²) in [6.45, 7) is 2.44. The number of fused-ring (bicyclic) bond motifs is 1. The van der Waals surface area contributed by atoms with E-state index in [9.17, 15) is 14.4 Å². The summed E-state index contributed by atoms with van der Waals surface area (Å²) in [7, 11) is 5.80. The smallest absolute Gasteiger partial charge is 0.303 e. The van der Waals surface area contributed by atoms with Crippen molar-refractivity contribution in [2.24, 2.45) is 0 Å². The molecule has 1 aromatic heterocycles. The fraction of sp³-hybridized carbons (Fsp3) is 0.280. The van der Waals surface area contributed by atoms with E-state index in [-0.39, 0.29) is 17.9 Å². The van der Waals surface area contributed by atoms with E-state index in [4.69, 9.17) is 23.7 Å². The Balaban J connectivity index is 2.24. The van der Waals surface area contributed by atoms with Crippen molar-refractivity contribution in [2.45, 2.75) is 13.8 Å². The van der Waals surface area contributed by atoms with E-state index in [0.717, 1.165) is 4.68 Å². The summed E-state index contributed by atoms with van der Waals surface area (Å²) < 4.78 is 27.4. The molecule has 2 aromatic carbocycles. The van der Waals surface area contributed by atoms with E-state index in [1.807, 2.05) is 0 Å². The molecule has 182 valence electrons. The maximum Gasteiger partial charge on any atom is 0.303 e. The van der Waals surface area contributed by atoms with Crippen molar-refractivity contribution < 1.29 is 38.1 Å². The van der Waals surface area contributed by atoms with E-state index < -0.39 is 17.7 Å². The number of hydrogen-bond donors (Lipinski definition) is 0. The number of nitrogens with zero attached hydrogens (tertiary/aromatic N) is 2. The van der Waals surface area contributed by atoms with Gasteiger partial charge in [0.25, 0.3) is 0 Å². The van der Waals surface area contributed by atoms with Gasteiger partial charge in [-0.15, -0.1) is 0 Å². The molecular weight excluding hydrogens is 456 g/mol. The lowest BCUT2D eigenvalue weighted by Gasteiger charge is -2.13. The van der Waals surface area contributed by atoms with Gasteiger partial charge in [0.2, 0.25) is 17.4 Å². The molecule has 10 nitrogen and oxygen atoms in total. The van der Waals surface area contributed by atoms with Gasteiger partial charge in [0.05, 0.1) is 39.5 Å². The molecule has 3 aromatic rings. The lowest BCUT2D eigenvalue weighted by Crippen LogP contribution is -2.10. The summed E-state index contributed by atoms with van der Waals surface area (Å²) in [5, 5.41) is 4.69. The molecule has 0 N–H and O–H groups in total. The van der Waals surface area contributed by atoms with Crippen molar-refractivity contribution in [1.82, 2.24) is 9.78 Å². The Bertz CT molecular complexity index is 1350. The number of rotatable bonds is 7. The first-order chi connectivity index (χ1) is 16.8. The minimum atomic E-state index is -0.475. The van der Waals surface area contributed by atoms with Gasteiger partial charge < -0.3 is 23.7 Å². The lowest BCUT2D eigenvalue weighted by molar-refractivity contribution is -0.139. The molecular formula is C25H24N2O8. The van der Waals surface area contributed by atoms with Crippen molar-refractivity contribution in [1.29, 1.82) is 0 Å². The van der Waals surface area contributed by atoms with Crippen molar-refractivity contribution in [3.05, 3.63) is 41.1 Å². The van der Waals surface area contributed by atoms with Crippen molar-refractivity contribution >= 4 is 28.6 Å². The Labute approximate surface area is 201 Å². The molecule has 3 rings (SSSR count). The lowest BCUT2D eigenvalue weighted by atomic mass is 10.0. The van der Waals surface area contributed by atoms with Gasteiger partial charge in [-0.25, -0.2) is 0 Å². The monoisotopic (exact) mass is 480 g/mol. The first-order valence-corrected chi connectivity index (χ1v) is 10.3. The van der Waals surface area contributed by atoms with Crippen LogP contribution in [0.4, 0.5) is 0 Å². The molecule has 10 heteroatoms. The molecule has 0 spiro atoms. The molecule has 0 bridgehead atoms. The summed E-state index contributed by atoms with van der Waals surface area (Å²) in [6, 6.07) is 6.26. The van der Waals surface area contributed by atoms with Gasteiger partial charge in [-0.2, -0.15) is 9.78 Å². The molecule has 0 aliphatic carbocycles.